The SMILES string of the molecule is CCCCCCOc1ccc(C2OC34CCC(C(C)(C)C)CC3C(C#N)(C(=N)O4)C2(C#N)C#N)cc1. The van der Waals surface area contributed by atoms with Gasteiger partial charge in [-0.25, -0.2) is 0 Å². The van der Waals surface area contributed by atoms with Crippen molar-refractivity contribution in [2.75, 3.05) is 6.61 Å². The number of benzene rings is 1. The van der Waals surface area contributed by atoms with E-state index in [0.29, 0.717) is 30.8 Å². The second-order valence-electron chi connectivity index (χ2n) is 11.6. The summed E-state index contributed by atoms with van der Waals surface area (Å²) >= 11 is 0. The van der Waals surface area contributed by atoms with Gasteiger partial charge in [0.1, 0.15) is 11.9 Å². The van der Waals surface area contributed by atoms with Gasteiger partial charge >= 0.3 is 0 Å². The van der Waals surface area contributed by atoms with E-state index in [1.807, 2.05) is 12.1 Å². The van der Waals surface area contributed by atoms with E-state index >= 15 is 0 Å². The van der Waals surface area contributed by atoms with E-state index < -0.39 is 28.6 Å². The van der Waals surface area contributed by atoms with E-state index in [0.717, 1.165) is 19.3 Å². The number of nitrogens with one attached hydrogen (secondary N) is 1. The maximum atomic E-state index is 10.6. The van der Waals surface area contributed by atoms with Gasteiger partial charge in [0.25, 0.3) is 0 Å². The Balaban J connectivity index is 1.70. The number of nitrogens with zero attached hydrogens (tertiary/aromatic N) is 3. The number of ether oxygens (including phenoxy) is 3. The molecule has 3 fully saturated rings. The number of hydrogen-bond acceptors (Lipinski definition) is 7. The zero-order chi connectivity index (χ0) is 26.2. The molecule has 1 saturated carbocycles. The molecule has 190 valence electrons. The molecule has 7 nitrogen and oxygen atoms in total. The first kappa shape index (κ1) is 26.0. The molecule has 5 unspecified atom stereocenters. The van der Waals surface area contributed by atoms with E-state index in [-0.39, 0.29) is 17.2 Å². The van der Waals surface area contributed by atoms with Crippen LogP contribution >= 0.6 is 0 Å². The van der Waals surface area contributed by atoms with Crippen molar-refractivity contribution in [3.63, 3.8) is 0 Å². The van der Waals surface area contributed by atoms with Gasteiger partial charge in [-0.05, 0) is 48.3 Å². The molecule has 36 heavy (non-hydrogen) atoms. The monoisotopic (exact) mass is 488 g/mol. The first-order chi connectivity index (χ1) is 17.1. The summed E-state index contributed by atoms with van der Waals surface area (Å²) in [5.41, 5.74) is -3.06. The van der Waals surface area contributed by atoms with Crippen molar-refractivity contribution in [1.29, 1.82) is 21.2 Å². The second-order valence-corrected chi connectivity index (χ2v) is 11.6. The van der Waals surface area contributed by atoms with Crippen LogP contribution in [0.15, 0.2) is 24.3 Å². The summed E-state index contributed by atoms with van der Waals surface area (Å²) in [4.78, 5) is 0. The van der Waals surface area contributed by atoms with E-state index in [2.05, 4.69) is 45.9 Å². The summed E-state index contributed by atoms with van der Waals surface area (Å²) < 4.78 is 18.5. The van der Waals surface area contributed by atoms with Crippen molar-refractivity contribution in [2.45, 2.75) is 84.5 Å². The minimum absolute atomic E-state index is 0.0228. The summed E-state index contributed by atoms with van der Waals surface area (Å²) in [6.07, 6.45) is 5.31. The maximum Gasteiger partial charge on any atom is 0.217 e. The van der Waals surface area contributed by atoms with E-state index in [4.69, 9.17) is 19.6 Å². The van der Waals surface area contributed by atoms with Gasteiger partial charge in [-0.2, -0.15) is 15.8 Å². The van der Waals surface area contributed by atoms with E-state index in [9.17, 15) is 15.8 Å². The molecular formula is C29H36N4O3. The molecule has 5 atom stereocenters. The Morgan fingerprint density at radius 1 is 1.06 bits per heavy atom. The highest BCUT2D eigenvalue weighted by Gasteiger charge is 2.81. The Kier molecular flexibility index (Phi) is 6.80. The molecule has 2 saturated heterocycles. The fraction of sp³-hybridized carbons (Fsp3) is 0.655. The van der Waals surface area contributed by atoms with Crippen LogP contribution in [0.3, 0.4) is 0 Å². The smallest absolute Gasteiger partial charge is 0.217 e. The molecule has 4 rings (SSSR count). The minimum atomic E-state index is -1.92. The number of nitriles is 3. The standard InChI is InChI=1S/C29H36N4O3/c1-5-6-7-8-15-34-22-11-9-20(10-12-22)24-27(17-30,18-31)28(19-32)23-16-21(26(2,3)4)13-14-29(23,35-24)36-25(28)33/h9-12,21,23-24,33H,5-8,13-16H2,1-4H3. The van der Waals surface area contributed by atoms with Gasteiger partial charge in [-0.15, -0.1) is 0 Å². The lowest BCUT2D eigenvalue weighted by Crippen LogP contribution is -2.61. The molecule has 3 aliphatic rings. The maximum absolute atomic E-state index is 10.6. The third-order valence-corrected chi connectivity index (χ3v) is 8.58. The predicted molar refractivity (Wildman–Crippen MR) is 133 cm³/mol. The highest BCUT2D eigenvalue weighted by atomic mass is 16.7. The lowest BCUT2D eigenvalue weighted by molar-refractivity contribution is -0.301. The van der Waals surface area contributed by atoms with Gasteiger partial charge in [0.05, 0.1) is 30.7 Å². The van der Waals surface area contributed by atoms with Crippen molar-refractivity contribution in [2.24, 2.45) is 28.1 Å². The van der Waals surface area contributed by atoms with Crippen LogP contribution in [0.1, 0.15) is 84.3 Å². The van der Waals surface area contributed by atoms with Crippen LogP contribution in [0, 0.1) is 67.5 Å². The van der Waals surface area contributed by atoms with Crippen LogP contribution in [-0.2, 0) is 9.47 Å². The van der Waals surface area contributed by atoms with Gasteiger partial charge in [0, 0.05) is 6.42 Å². The van der Waals surface area contributed by atoms with Gasteiger partial charge in [0.2, 0.25) is 17.1 Å². The molecule has 1 aliphatic carbocycles. The minimum Gasteiger partial charge on any atom is -0.494 e. The largest absolute Gasteiger partial charge is 0.494 e. The molecule has 2 aliphatic heterocycles. The molecule has 1 aromatic rings. The Morgan fingerprint density at radius 3 is 2.33 bits per heavy atom. The van der Waals surface area contributed by atoms with Crippen LogP contribution in [0.4, 0.5) is 0 Å². The summed E-state index contributed by atoms with van der Waals surface area (Å²) in [5, 5.41) is 40.3. The topological polar surface area (TPSA) is 123 Å². The summed E-state index contributed by atoms with van der Waals surface area (Å²) in [6, 6.07) is 13.8. The zero-order valence-corrected chi connectivity index (χ0v) is 21.8. The molecule has 2 heterocycles. The highest BCUT2D eigenvalue weighted by molar-refractivity contribution is 5.89. The number of rotatable bonds is 7. The summed E-state index contributed by atoms with van der Waals surface area (Å²) in [5.74, 6) is -1.12. The van der Waals surface area contributed by atoms with Crippen molar-refractivity contribution in [1.82, 2.24) is 0 Å². The first-order valence-corrected chi connectivity index (χ1v) is 13.1. The second kappa shape index (κ2) is 9.42. The fourth-order valence-electron chi connectivity index (χ4n) is 6.38. The molecule has 0 aromatic heterocycles. The van der Waals surface area contributed by atoms with Gasteiger partial charge in [-0.3, -0.25) is 5.41 Å². The van der Waals surface area contributed by atoms with Gasteiger partial charge in [-0.1, -0.05) is 59.1 Å². The van der Waals surface area contributed by atoms with Crippen LogP contribution in [0.25, 0.3) is 0 Å². The average Bonchev–Trinajstić information content (AvgIpc) is 3.07. The molecule has 1 aromatic carbocycles. The Morgan fingerprint density at radius 2 is 1.75 bits per heavy atom. The lowest BCUT2D eigenvalue weighted by atomic mass is 9.49. The molecule has 0 amide bonds. The number of unbranched alkanes of at least 4 members (excludes halogenated alkanes) is 3. The highest BCUT2D eigenvalue weighted by Crippen LogP contribution is 2.70. The predicted octanol–water partition coefficient (Wildman–Crippen LogP) is 6.43. The van der Waals surface area contributed by atoms with Crippen LogP contribution in [-0.4, -0.2) is 18.3 Å². The zero-order valence-electron chi connectivity index (χ0n) is 21.8. The third-order valence-electron chi connectivity index (χ3n) is 8.58. The van der Waals surface area contributed by atoms with Gasteiger partial charge in [0.15, 0.2) is 5.41 Å². The molecule has 7 heteroatoms. The van der Waals surface area contributed by atoms with E-state index in [1.54, 1.807) is 12.1 Å². The van der Waals surface area contributed by atoms with Crippen molar-refractivity contribution in [3.05, 3.63) is 29.8 Å². The van der Waals surface area contributed by atoms with Gasteiger partial charge < -0.3 is 14.2 Å². The normalized spacial score (nSPS) is 32.4. The van der Waals surface area contributed by atoms with Crippen molar-refractivity contribution >= 4 is 5.90 Å². The lowest BCUT2D eigenvalue weighted by Gasteiger charge is -2.54. The molecule has 0 radical (unpaired) electrons. The summed E-state index contributed by atoms with van der Waals surface area (Å²) in [7, 11) is 0. The Labute approximate surface area is 214 Å². The molecule has 0 spiro atoms. The Hall–Kier alpha value is -3.08. The molecular weight excluding hydrogens is 452 g/mol. The first-order valence-electron chi connectivity index (χ1n) is 13.1. The summed E-state index contributed by atoms with van der Waals surface area (Å²) in [6.45, 7) is 9.27. The molecule has 1 N–H and O–H groups in total. The third kappa shape index (κ3) is 3.75. The number of hydrogen-bond donors (Lipinski definition) is 1. The fourth-order valence-corrected chi connectivity index (χ4v) is 6.38. The van der Waals surface area contributed by atoms with Crippen LogP contribution in [0.2, 0.25) is 0 Å². The average molecular weight is 489 g/mol. The van der Waals surface area contributed by atoms with Crippen molar-refractivity contribution in [3.8, 4) is 24.0 Å². The van der Waals surface area contributed by atoms with E-state index in [1.165, 1.54) is 12.8 Å². The van der Waals surface area contributed by atoms with Crippen LogP contribution in [0.5, 0.6) is 5.75 Å². The Bertz CT molecular complexity index is 1110. The van der Waals surface area contributed by atoms with Crippen molar-refractivity contribution < 1.29 is 14.2 Å². The molecule has 2 bridgehead atoms. The quantitative estimate of drug-likeness (QED) is 0.441. The van der Waals surface area contributed by atoms with Crippen LogP contribution < -0.4 is 4.74 Å².